The summed E-state index contributed by atoms with van der Waals surface area (Å²) in [6, 6.07) is 1.90. The van der Waals surface area contributed by atoms with Gasteiger partial charge < -0.3 is 5.73 Å². The molecule has 1 rings (SSSR count). The summed E-state index contributed by atoms with van der Waals surface area (Å²) in [7, 11) is -3.10. The molecule has 96 valence electrons. The zero-order valence-electron chi connectivity index (χ0n) is 10.5. The Bertz CT molecular complexity index is 485. The van der Waals surface area contributed by atoms with Gasteiger partial charge >= 0.3 is 0 Å². The lowest BCUT2D eigenvalue weighted by atomic mass is 10.1. The molecule has 0 amide bonds. The first-order valence-electron chi connectivity index (χ1n) is 5.57. The molecule has 2 N–H and O–H groups in total. The number of rotatable bonds is 5. The molecule has 0 aliphatic rings. The van der Waals surface area contributed by atoms with Crippen LogP contribution in [0.1, 0.15) is 30.6 Å². The fourth-order valence-electron chi connectivity index (χ4n) is 1.52. The SMILES string of the molecule is CCC(N)Cc1cc(C)nc(CS(C)(=O)=O)n1. The zero-order valence-corrected chi connectivity index (χ0v) is 11.3. The molecule has 0 spiro atoms. The number of hydrogen-bond acceptors (Lipinski definition) is 5. The molecular formula is C11H19N3O2S. The van der Waals surface area contributed by atoms with Crippen molar-refractivity contribution in [3.63, 3.8) is 0 Å². The van der Waals surface area contributed by atoms with Crippen molar-refractivity contribution in [1.82, 2.24) is 9.97 Å². The fraction of sp³-hybridized carbons (Fsp3) is 0.636. The van der Waals surface area contributed by atoms with E-state index in [-0.39, 0.29) is 11.8 Å². The highest BCUT2D eigenvalue weighted by Crippen LogP contribution is 2.07. The van der Waals surface area contributed by atoms with Gasteiger partial charge in [-0.3, -0.25) is 0 Å². The third kappa shape index (κ3) is 5.23. The van der Waals surface area contributed by atoms with Crippen molar-refractivity contribution >= 4 is 9.84 Å². The molecule has 1 heterocycles. The summed E-state index contributed by atoms with van der Waals surface area (Å²) in [5.74, 6) is 0.231. The first kappa shape index (κ1) is 14.1. The minimum Gasteiger partial charge on any atom is -0.327 e. The predicted molar refractivity (Wildman–Crippen MR) is 67.3 cm³/mol. The molecule has 6 heteroatoms. The van der Waals surface area contributed by atoms with Gasteiger partial charge in [-0.25, -0.2) is 18.4 Å². The van der Waals surface area contributed by atoms with Crippen molar-refractivity contribution in [3.8, 4) is 0 Å². The number of hydrogen-bond donors (Lipinski definition) is 1. The Morgan fingerprint density at radius 3 is 2.59 bits per heavy atom. The summed E-state index contributed by atoms with van der Waals surface area (Å²) >= 11 is 0. The van der Waals surface area contributed by atoms with Crippen LogP contribution in [0.25, 0.3) is 0 Å². The fourth-order valence-corrected chi connectivity index (χ4v) is 2.11. The summed E-state index contributed by atoms with van der Waals surface area (Å²) in [5.41, 5.74) is 7.44. The van der Waals surface area contributed by atoms with Crippen LogP contribution in [0.5, 0.6) is 0 Å². The molecule has 0 aliphatic carbocycles. The highest BCUT2D eigenvalue weighted by molar-refractivity contribution is 7.89. The van der Waals surface area contributed by atoms with E-state index in [1.807, 2.05) is 19.9 Å². The Hall–Kier alpha value is -1.01. The van der Waals surface area contributed by atoms with Gasteiger partial charge in [0.15, 0.2) is 9.84 Å². The van der Waals surface area contributed by atoms with E-state index in [0.29, 0.717) is 12.2 Å². The van der Waals surface area contributed by atoms with Gasteiger partial charge in [0.1, 0.15) is 11.6 Å². The van der Waals surface area contributed by atoms with E-state index in [9.17, 15) is 8.42 Å². The van der Waals surface area contributed by atoms with Crippen LogP contribution in [0.2, 0.25) is 0 Å². The van der Waals surface area contributed by atoms with Crippen LogP contribution in [0, 0.1) is 6.92 Å². The van der Waals surface area contributed by atoms with Crippen LogP contribution in [0.15, 0.2) is 6.07 Å². The van der Waals surface area contributed by atoms with Gasteiger partial charge in [-0.15, -0.1) is 0 Å². The Morgan fingerprint density at radius 2 is 2.06 bits per heavy atom. The Morgan fingerprint density at radius 1 is 1.41 bits per heavy atom. The number of aryl methyl sites for hydroxylation is 1. The molecule has 1 aromatic rings. The monoisotopic (exact) mass is 257 g/mol. The minimum absolute atomic E-state index is 0.0513. The number of sulfone groups is 1. The zero-order chi connectivity index (χ0) is 13.1. The van der Waals surface area contributed by atoms with Crippen LogP contribution in [0.4, 0.5) is 0 Å². The van der Waals surface area contributed by atoms with Crippen LogP contribution in [-0.2, 0) is 22.0 Å². The van der Waals surface area contributed by atoms with Crippen molar-refractivity contribution in [2.24, 2.45) is 5.73 Å². The second kappa shape index (κ2) is 5.55. The number of nitrogens with two attached hydrogens (primary N) is 1. The summed E-state index contributed by atoms with van der Waals surface area (Å²) < 4.78 is 22.4. The lowest BCUT2D eigenvalue weighted by Gasteiger charge is -2.09. The van der Waals surface area contributed by atoms with E-state index in [2.05, 4.69) is 9.97 Å². The molecule has 1 atom stereocenters. The van der Waals surface area contributed by atoms with Crippen LogP contribution in [-0.4, -0.2) is 30.7 Å². The Kier molecular flexibility index (Phi) is 4.59. The normalized spacial score (nSPS) is 13.6. The lowest BCUT2D eigenvalue weighted by molar-refractivity contribution is 0.598. The minimum atomic E-state index is -3.10. The first-order chi connectivity index (χ1) is 7.80. The van der Waals surface area contributed by atoms with Gasteiger partial charge in [-0.1, -0.05) is 6.92 Å². The molecule has 0 radical (unpaired) electrons. The number of aromatic nitrogens is 2. The third-order valence-corrected chi connectivity index (χ3v) is 3.12. The van der Waals surface area contributed by atoms with Gasteiger partial charge in [0.2, 0.25) is 0 Å². The largest absolute Gasteiger partial charge is 0.327 e. The van der Waals surface area contributed by atoms with Crippen molar-refractivity contribution in [2.45, 2.75) is 38.5 Å². The quantitative estimate of drug-likeness (QED) is 0.835. The maximum Gasteiger partial charge on any atom is 0.154 e. The average Bonchev–Trinajstić information content (AvgIpc) is 2.13. The predicted octanol–water partition coefficient (Wildman–Crippen LogP) is 0.609. The van der Waals surface area contributed by atoms with Gasteiger partial charge in [-0.05, 0) is 19.4 Å². The molecule has 1 unspecified atom stereocenters. The van der Waals surface area contributed by atoms with E-state index in [1.54, 1.807) is 0 Å². The van der Waals surface area contributed by atoms with E-state index in [1.165, 1.54) is 6.26 Å². The Balaban J connectivity index is 2.94. The molecular weight excluding hydrogens is 238 g/mol. The molecule has 0 fully saturated rings. The highest BCUT2D eigenvalue weighted by atomic mass is 32.2. The maximum atomic E-state index is 11.2. The van der Waals surface area contributed by atoms with Crippen LogP contribution in [0.3, 0.4) is 0 Å². The van der Waals surface area contributed by atoms with Crippen molar-refractivity contribution in [1.29, 1.82) is 0 Å². The number of nitrogens with zero attached hydrogens (tertiary/aromatic N) is 2. The van der Waals surface area contributed by atoms with Crippen molar-refractivity contribution in [3.05, 3.63) is 23.3 Å². The standard InChI is InChI=1S/C11H19N3O2S/c1-4-9(12)6-10-5-8(2)13-11(14-10)7-17(3,15)16/h5,9H,4,6-7,12H2,1-3H3. The summed E-state index contributed by atoms with van der Waals surface area (Å²) in [4.78, 5) is 8.36. The summed E-state index contributed by atoms with van der Waals surface area (Å²) in [6.45, 7) is 3.84. The van der Waals surface area contributed by atoms with Gasteiger partial charge in [0, 0.05) is 30.1 Å². The topological polar surface area (TPSA) is 85.9 Å². The summed E-state index contributed by atoms with van der Waals surface area (Å²) in [5, 5.41) is 0. The second-order valence-electron chi connectivity index (χ2n) is 4.36. The second-order valence-corrected chi connectivity index (χ2v) is 6.50. The summed E-state index contributed by atoms with van der Waals surface area (Å²) in [6.07, 6.45) is 2.69. The van der Waals surface area contributed by atoms with Gasteiger partial charge in [0.05, 0.1) is 0 Å². The first-order valence-corrected chi connectivity index (χ1v) is 7.63. The molecule has 1 aromatic heterocycles. The van der Waals surface area contributed by atoms with Crippen molar-refractivity contribution in [2.75, 3.05) is 6.26 Å². The van der Waals surface area contributed by atoms with E-state index in [4.69, 9.17) is 5.73 Å². The molecule has 0 aliphatic heterocycles. The van der Waals surface area contributed by atoms with Gasteiger partial charge in [-0.2, -0.15) is 0 Å². The van der Waals surface area contributed by atoms with E-state index in [0.717, 1.165) is 17.8 Å². The van der Waals surface area contributed by atoms with Gasteiger partial charge in [0.25, 0.3) is 0 Å². The molecule has 5 nitrogen and oxygen atoms in total. The average molecular weight is 257 g/mol. The lowest BCUT2D eigenvalue weighted by Crippen LogP contribution is -2.22. The van der Waals surface area contributed by atoms with E-state index < -0.39 is 9.84 Å². The maximum absolute atomic E-state index is 11.2. The molecule has 17 heavy (non-hydrogen) atoms. The molecule has 0 bridgehead atoms. The third-order valence-electron chi connectivity index (χ3n) is 2.34. The van der Waals surface area contributed by atoms with Crippen molar-refractivity contribution < 1.29 is 8.42 Å². The molecule has 0 saturated carbocycles. The highest BCUT2D eigenvalue weighted by Gasteiger charge is 2.10. The molecule has 0 aromatic carbocycles. The van der Waals surface area contributed by atoms with Crippen LogP contribution >= 0.6 is 0 Å². The Labute approximate surface area is 102 Å². The smallest absolute Gasteiger partial charge is 0.154 e. The molecule has 0 saturated heterocycles. The van der Waals surface area contributed by atoms with Crippen LogP contribution < -0.4 is 5.73 Å². The van der Waals surface area contributed by atoms with E-state index >= 15 is 0 Å².